The molecule has 8 aromatic rings. The molecule has 0 saturated carbocycles. The van der Waals surface area contributed by atoms with Gasteiger partial charge in [-0.15, -0.1) is 0 Å². The predicted molar refractivity (Wildman–Crippen MR) is 529 cm³/mol. The molecule has 4 atom stereocenters. The summed E-state index contributed by atoms with van der Waals surface area (Å²) in [6.45, 7) is 51.6. The van der Waals surface area contributed by atoms with Crippen LogP contribution in [0.4, 0.5) is 0 Å². The number of halogens is 6. The second kappa shape index (κ2) is 36.9. The van der Waals surface area contributed by atoms with Gasteiger partial charge in [0.25, 0.3) is 17.5 Å². The van der Waals surface area contributed by atoms with Gasteiger partial charge in [-0.1, -0.05) is 217 Å². The van der Waals surface area contributed by atoms with Crippen LogP contribution in [0.5, 0.6) is 46.0 Å². The monoisotopic (exact) mass is 2010 g/mol. The van der Waals surface area contributed by atoms with Gasteiger partial charge in [0.1, 0.15) is 33.0 Å². The highest BCUT2D eigenvalue weighted by Gasteiger charge is 2.61. The summed E-state index contributed by atoms with van der Waals surface area (Å²) in [7, 11) is 3.19. The topological polar surface area (TPSA) is 219 Å². The van der Waals surface area contributed by atoms with Crippen molar-refractivity contribution in [3.8, 4) is 46.0 Å². The van der Waals surface area contributed by atoms with Crippen molar-refractivity contribution < 1.29 is 76.1 Å². The molecule has 4 unspecified atom stereocenters. The van der Waals surface area contributed by atoms with E-state index >= 15 is 0 Å². The van der Waals surface area contributed by atoms with Crippen LogP contribution < -0.4 is 48.5 Å². The van der Waals surface area contributed by atoms with Crippen LogP contribution in [0.2, 0.25) is 20.1 Å². The first-order chi connectivity index (χ1) is 61.3. The minimum absolute atomic E-state index is 0.0131. The van der Waals surface area contributed by atoms with Crippen LogP contribution in [-0.4, -0.2) is 87.8 Å². The van der Waals surface area contributed by atoms with Gasteiger partial charge in [0.15, 0.2) is 23.0 Å². The predicted octanol–water partition coefficient (Wildman–Crippen LogP) is 26.5. The van der Waals surface area contributed by atoms with Crippen molar-refractivity contribution in [2.45, 2.75) is 309 Å². The lowest BCUT2D eigenvalue weighted by Crippen LogP contribution is -2.56. The number of ether oxygens (including phenoxy) is 10. The van der Waals surface area contributed by atoms with Gasteiger partial charge in [0.2, 0.25) is 5.91 Å². The quantitative estimate of drug-likeness (QED) is 0.0522. The number of esters is 4. The van der Waals surface area contributed by atoms with Crippen molar-refractivity contribution in [1.29, 1.82) is 0 Å². The first-order valence-electron chi connectivity index (χ1n) is 45.6. The highest BCUT2D eigenvalue weighted by atomic mass is 79.9. The Bertz CT molecular complexity index is 5800. The minimum atomic E-state index is -1.10. The van der Waals surface area contributed by atoms with E-state index in [-0.39, 0.29) is 93.9 Å². The minimum Gasteiger partial charge on any atom is -0.495 e. The number of hydrogen-bond donors (Lipinski definition) is 2. The van der Waals surface area contributed by atoms with Crippen LogP contribution in [-0.2, 0) is 82.8 Å². The van der Waals surface area contributed by atoms with Gasteiger partial charge in [-0.05, 0) is 237 Å². The van der Waals surface area contributed by atoms with Crippen molar-refractivity contribution in [1.82, 2.24) is 10.6 Å². The highest BCUT2D eigenvalue weighted by molar-refractivity contribution is 9.11. The molecule has 18 nitrogen and oxygen atoms in total. The summed E-state index contributed by atoms with van der Waals surface area (Å²) in [4.78, 5) is 71.0. The van der Waals surface area contributed by atoms with E-state index in [0.717, 1.165) is 104 Å². The molecule has 4 spiro atoms. The van der Waals surface area contributed by atoms with Crippen LogP contribution in [0.1, 0.15) is 325 Å². The Morgan fingerprint density at radius 2 is 0.727 bits per heavy atom. The first kappa shape index (κ1) is 101. The number of rotatable bonds is 16. The second-order valence-corrected chi connectivity index (χ2v) is 46.1. The number of aryl methyl sites for hydroxylation is 4. The molecule has 132 heavy (non-hydrogen) atoms. The molecule has 24 heteroatoms. The smallest absolute Gasteiger partial charge is 0.338 e. The van der Waals surface area contributed by atoms with Gasteiger partial charge in [-0.2, -0.15) is 0 Å². The fourth-order valence-corrected chi connectivity index (χ4v) is 26.7. The Hall–Kier alpha value is -8.50. The molecule has 8 aromatic carbocycles. The number of fused-ring (bicyclic) bond motifs is 12. The SMILES string of the molecule is CC(=O)NCCCCNC(=O)c1ccc2c(c1)C1(CC(C)(C)c3ccc(C)cc31)CC2(C)C.CC(=O)OCCCCOC(=O)c1ccc2c(c1)C1(CC(C)(C)c3ccc(C)cc31)CC2(C)C.COc1c(C)cc2c(c1Br)C(C)(C)CC1(CC(C)(C)c3c(cc(C)c(OC(C)=O)c3Br)O1)O2.COc1c(Cl)cc2c(c1Cl)OC1(CC2(C)C)CC(C)(C)c2cc(Cl)c(OC(C)=O)c(Cl)c2O1. The molecule has 4 heterocycles. The van der Waals surface area contributed by atoms with E-state index in [1.165, 1.54) is 90.4 Å². The largest absolute Gasteiger partial charge is 0.495 e. The molecule has 0 fully saturated rings. The molecule has 8 aliphatic rings. The molecule has 708 valence electrons. The van der Waals surface area contributed by atoms with Crippen molar-refractivity contribution >= 4 is 114 Å². The van der Waals surface area contributed by atoms with Crippen molar-refractivity contribution in [3.05, 3.63) is 226 Å². The number of amides is 2. The lowest BCUT2D eigenvalue weighted by atomic mass is 9.69. The summed E-state index contributed by atoms with van der Waals surface area (Å²) in [5, 5.41) is 6.91. The van der Waals surface area contributed by atoms with Crippen LogP contribution in [0.15, 0.2) is 106 Å². The van der Waals surface area contributed by atoms with Crippen molar-refractivity contribution in [2.75, 3.05) is 40.5 Å². The second-order valence-electron chi connectivity index (χ2n) is 42.9. The number of methoxy groups -OCH3 is 2. The molecule has 2 amide bonds. The van der Waals surface area contributed by atoms with Crippen molar-refractivity contribution in [3.63, 3.8) is 0 Å². The first-order valence-corrected chi connectivity index (χ1v) is 48.7. The zero-order chi connectivity index (χ0) is 97.1. The third-order valence-electron chi connectivity index (χ3n) is 27.9. The highest BCUT2D eigenvalue weighted by Crippen LogP contribution is 2.67. The van der Waals surface area contributed by atoms with E-state index < -0.39 is 28.4 Å². The zero-order valence-corrected chi connectivity index (χ0v) is 87.5. The van der Waals surface area contributed by atoms with E-state index in [1.807, 2.05) is 44.2 Å². The fourth-order valence-electron chi connectivity index (χ4n) is 23.2. The Kier molecular flexibility index (Phi) is 28.2. The molecular weight excluding hydrogens is 1880 g/mol. The van der Waals surface area contributed by atoms with E-state index in [4.69, 9.17) is 93.8 Å². The average molecular weight is 2010 g/mol. The molecule has 4 aliphatic carbocycles. The van der Waals surface area contributed by atoms with Gasteiger partial charge in [0, 0.05) is 127 Å². The standard InChI is InChI=1S/C29H38N2O2.C29H36O4.C26H30Br2O5.C24H24Cl4O5/c1-19-9-11-22-24(15-19)29(17-27(22,3)4)18-28(5,6)23-12-10-21(16-25(23)29)26(33)31-14-8-7-13-30-20(2)32;1-19-9-11-22-24(15-19)29(17-27(22,3)4)18-28(5,6)23-12-10-21(16-25(23)29)26(31)33-14-8-7-13-32-20(2)30;1-13-9-16-18(20(27)22(13)30-8)24(4,5)11-26(32-16)12-25(6,7)19-17(33-26)10-14(2)23(21(19)28)31-15(3)29;1-11(29)31-21-15(26)8-13-19(17(21)28)33-24(10-23(13,4)5)9-22(2,3)12-7-14(25)20(30-6)16(27)18(12)32-24/h9-12,15-16H,7-8,13-14,17-18H2,1-6H3,(H,30,32)(H,31,33);9-12,15-16H,7-8,13-14,17-18H2,1-6H3;9-10H,11-12H2,1-8H3;7-8H,9-10H2,1-6H3. The number of benzene rings is 8. The van der Waals surface area contributed by atoms with Gasteiger partial charge in [-0.25, -0.2) is 4.79 Å². The van der Waals surface area contributed by atoms with Crippen LogP contribution >= 0.6 is 78.3 Å². The summed E-state index contributed by atoms with van der Waals surface area (Å²) < 4.78 is 60.5. The van der Waals surface area contributed by atoms with E-state index in [9.17, 15) is 28.8 Å². The zero-order valence-electron chi connectivity index (χ0n) is 81.4. The fraction of sp³-hybridized carbons (Fsp3) is 0.500. The Morgan fingerprint density at radius 1 is 0.371 bits per heavy atom. The summed E-state index contributed by atoms with van der Waals surface area (Å²) >= 11 is 33.6. The van der Waals surface area contributed by atoms with Gasteiger partial charge in [0.05, 0.1) is 52.0 Å². The molecule has 0 radical (unpaired) electrons. The summed E-state index contributed by atoms with van der Waals surface area (Å²) in [6, 6.07) is 33.9. The lowest BCUT2D eigenvalue weighted by Gasteiger charge is -2.52. The van der Waals surface area contributed by atoms with E-state index in [0.29, 0.717) is 98.4 Å². The molecule has 0 aromatic heterocycles. The molecule has 0 bridgehead atoms. The Labute approximate surface area is 816 Å². The van der Waals surface area contributed by atoms with Gasteiger partial charge < -0.3 is 58.0 Å². The molecule has 2 N–H and O–H groups in total. The maximum Gasteiger partial charge on any atom is 0.338 e. The third kappa shape index (κ3) is 19.4. The van der Waals surface area contributed by atoms with Crippen LogP contribution in [0.25, 0.3) is 0 Å². The summed E-state index contributed by atoms with van der Waals surface area (Å²) in [5.41, 5.74) is 19.4. The van der Waals surface area contributed by atoms with Gasteiger partial charge in [-0.3, -0.25) is 24.0 Å². The molecule has 4 aliphatic heterocycles. The Morgan fingerprint density at radius 3 is 1.16 bits per heavy atom. The third-order valence-corrected chi connectivity index (χ3v) is 30.7. The normalized spacial score (nSPS) is 21.8. The Balaban J connectivity index is 0.000000150. The number of carbonyl (C=O) groups excluding carboxylic acids is 6. The number of carbonyl (C=O) groups is 6. The summed E-state index contributed by atoms with van der Waals surface area (Å²) in [6.07, 6.45) is 9.58. The van der Waals surface area contributed by atoms with Crippen LogP contribution in [0, 0.1) is 27.7 Å². The van der Waals surface area contributed by atoms with E-state index in [2.05, 4.69) is 228 Å². The van der Waals surface area contributed by atoms with Crippen LogP contribution in [0.3, 0.4) is 0 Å². The average Bonchev–Trinajstić information content (AvgIpc) is 1.49. The maximum absolute atomic E-state index is 13.0. The summed E-state index contributed by atoms with van der Waals surface area (Å²) in [5.74, 6) is 0.718. The number of nitrogens with one attached hydrogen (secondary N) is 2. The molecule has 0 saturated heterocycles. The number of hydrogen-bond acceptors (Lipinski definition) is 16. The lowest BCUT2D eigenvalue weighted by molar-refractivity contribution is -0.167. The molecule has 16 rings (SSSR count). The van der Waals surface area contributed by atoms with Crippen molar-refractivity contribution in [2.24, 2.45) is 0 Å². The molecular formula is C108H128Br2Cl4N2O16. The number of unbranched alkanes of at least 4 members (excludes halogenated alkanes) is 2. The maximum atomic E-state index is 13.0. The van der Waals surface area contributed by atoms with E-state index in [1.54, 1.807) is 13.2 Å². The van der Waals surface area contributed by atoms with Gasteiger partial charge >= 0.3 is 23.9 Å².